The largest absolute Gasteiger partial charge is 0.493 e. The summed E-state index contributed by atoms with van der Waals surface area (Å²) in [5, 5.41) is 8.79. The van der Waals surface area contributed by atoms with E-state index in [1.165, 1.54) is 4.88 Å². The lowest BCUT2D eigenvalue weighted by Crippen LogP contribution is -2.42. The van der Waals surface area contributed by atoms with Crippen LogP contribution in [0.5, 0.6) is 11.5 Å². The van der Waals surface area contributed by atoms with Crippen LogP contribution < -0.4 is 20.1 Å². The summed E-state index contributed by atoms with van der Waals surface area (Å²) in [4.78, 5) is 8.30. The van der Waals surface area contributed by atoms with Crippen LogP contribution in [0.2, 0.25) is 0 Å². The number of rotatable bonds is 10. The molecule has 1 aromatic heterocycles. The van der Waals surface area contributed by atoms with Gasteiger partial charge in [-0.2, -0.15) is 0 Å². The number of guanidine groups is 1. The van der Waals surface area contributed by atoms with Crippen molar-refractivity contribution in [3.05, 3.63) is 46.7 Å². The van der Waals surface area contributed by atoms with Crippen molar-refractivity contribution in [3.63, 3.8) is 0 Å². The molecule has 2 unspecified atom stereocenters. The number of benzene rings is 1. The van der Waals surface area contributed by atoms with E-state index in [2.05, 4.69) is 54.1 Å². The molecule has 7 heteroatoms. The fourth-order valence-corrected chi connectivity index (χ4v) is 3.64. The van der Waals surface area contributed by atoms with Gasteiger partial charge in [0.05, 0.1) is 26.2 Å². The van der Waals surface area contributed by atoms with Crippen LogP contribution >= 0.6 is 11.3 Å². The van der Waals surface area contributed by atoms with E-state index in [0.29, 0.717) is 13.1 Å². The SMILES string of the molecule is CCNC(=NCC(c1cccs1)N(C)C)NCC(C)Oc1ccccc1OC. The third-order valence-electron chi connectivity index (χ3n) is 4.22. The second-order valence-electron chi connectivity index (χ2n) is 6.67. The Labute approximate surface area is 172 Å². The zero-order chi connectivity index (χ0) is 20.4. The summed E-state index contributed by atoms with van der Waals surface area (Å²) in [5.74, 6) is 2.27. The van der Waals surface area contributed by atoms with Crippen molar-refractivity contribution in [2.45, 2.75) is 26.0 Å². The maximum Gasteiger partial charge on any atom is 0.191 e. The van der Waals surface area contributed by atoms with Gasteiger partial charge >= 0.3 is 0 Å². The fraction of sp³-hybridized carbons (Fsp3) is 0.476. The van der Waals surface area contributed by atoms with E-state index >= 15 is 0 Å². The number of methoxy groups -OCH3 is 1. The number of para-hydroxylation sites is 2. The second-order valence-corrected chi connectivity index (χ2v) is 7.65. The standard InChI is InChI=1S/C21H32N4O2S/c1-6-22-21(24-15-17(25(3)4)20-12-9-13-28-20)23-14-16(2)27-19-11-8-7-10-18(19)26-5/h7-13,16-17H,6,14-15H2,1-5H3,(H2,22,23,24). The summed E-state index contributed by atoms with van der Waals surface area (Å²) in [6, 6.07) is 12.2. The number of hydrogen-bond acceptors (Lipinski definition) is 5. The predicted molar refractivity (Wildman–Crippen MR) is 118 cm³/mol. The topological polar surface area (TPSA) is 58.1 Å². The van der Waals surface area contributed by atoms with Gasteiger partial charge in [-0.25, -0.2) is 0 Å². The molecule has 1 heterocycles. The van der Waals surface area contributed by atoms with E-state index in [-0.39, 0.29) is 12.1 Å². The van der Waals surface area contributed by atoms with Crippen molar-refractivity contribution in [2.24, 2.45) is 4.99 Å². The molecule has 0 aliphatic carbocycles. The van der Waals surface area contributed by atoms with Gasteiger partial charge in [-0.15, -0.1) is 11.3 Å². The van der Waals surface area contributed by atoms with Gasteiger partial charge < -0.3 is 25.0 Å². The van der Waals surface area contributed by atoms with E-state index in [0.717, 1.165) is 24.0 Å². The maximum absolute atomic E-state index is 6.01. The average molecular weight is 405 g/mol. The van der Waals surface area contributed by atoms with Crippen molar-refractivity contribution in [2.75, 3.05) is 40.8 Å². The molecule has 2 aromatic rings. The summed E-state index contributed by atoms with van der Waals surface area (Å²) >= 11 is 1.76. The van der Waals surface area contributed by atoms with Crippen LogP contribution in [-0.4, -0.2) is 57.8 Å². The van der Waals surface area contributed by atoms with E-state index in [4.69, 9.17) is 14.5 Å². The fourth-order valence-electron chi connectivity index (χ4n) is 2.72. The molecule has 0 fully saturated rings. The first-order chi connectivity index (χ1) is 13.5. The Morgan fingerprint density at radius 2 is 1.89 bits per heavy atom. The molecule has 0 saturated heterocycles. The summed E-state index contributed by atoms with van der Waals surface area (Å²) in [5.41, 5.74) is 0. The third-order valence-corrected chi connectivity index (χ3v) is 5.19. The Kier molecular flexibility index (Phi) is 9.10. The molecule has 28 heavy (non-hydrogen) atoms. The van der Waals surface area contributed by atoms with E-state index in [1.807, 2.05) is 31.2 Å². The lowest BCUT2D eigenvalue weighted by molar-refractivity contribution is 0.213. The van der Waals surface area contributed by atoms with Crippen LogP contribution in [0.15, 0.2) is 46.8 Å². The molecular formula is C21H32N4O2S. The molecule has 0 aliphatic heterocycles. The van der Waals surface area contributed by atoms with Gasteiger partial charge in [-0.3, -0.25) is 4.99 Å². The van der Waals surface area contributed by atoms with Crippen LogP contribution in [0.3, 0.4) is 0 Å². The molecule has 2 rings (SSSR count). The number of nitrogens with one attached hydrogen (secondary N) is 2. The monoisotopic (exact) mass is 404 g/mol. The summed E-state index contributed by atoms with van der Waals surface area (Å²) in [6.07, 6.45) is -0.0397. The number of nitrogens with zero attached hydrogens (tertiary/aromatic N) is 2. The maximum atomic E-state index is 6.01. The van der Waals surface area contributed by atoms with Gasteiger partial charge in [-0.05, 0) is 51.5 Å². The minimum absolute atomic E-state index is 0.0397. The molecule has 6 nitrogen and oxygen atoms in total. The summed E-state index contributed by atoms with van der Waals surface area (Å²) in [6.45, 7) is 6.21. The minimum atomic E-state index is -0.0397. The van der Waals surface area contributed by atoms with Gasteiger partial charge in [0.2, 0.25) is 0 Å². The minimum Gasteiger partial charge on any atom is -0.493 e. The first-order valence-electron chi connectivity index (χ1n) is 9.56. The molecule has 0 bridgehead atoms. The molecule has 1 aromatic carbocycles. The van der Waals surface area contributed by atoms with Crippen LogP contribution in [0.1, 0.15) is 24.8 Å². The smallest absolute Gasteiger partial charge is 0.191 e. The lowest BCUT2D eigenvalue weighted by Gasteiger charge is -2.23. The van der Waals surface area contributed by atoms with Crippen molar-refractivity contribution in [1.82, 2.24) is 15.5 Å². The van der Waals surface area contributed by atoms with Crippen LogP contribution in [0, 0.1) is 0 Å². The summed E-state index contributed by atoms with van der Waals surface area (Å²) in [7, 11) is 5.82. The number of thiophene rings is 1. The molecule has 0 spiro atoms. The van der Waals surface area contributed by atoms with E-state index in [9.17, 15) is 0 Å². The van der Waals surface area contributed by atoms with E-state index < -0.39 is 0 Å². The Bertz CT molecular complexity index is 719. The first kappa shape index (κ1) is 22.0. The number of aliphatic imine (C=N–C) groups is 1. The molecular weight excluding hydrogens is 372 g/mol. The molecule has 2 atom stereocenters. The highest BCUT2D eigenvalue weighted by atomic mass is 32.1. The first-order valence-corrected chi connectivity index (χ1v) is 10.4. The molecule has 0 amide bonds. The van der Waals surface area contributed by atoms with Gasteiger partial charge in [0.25, 0.3) is 0 Å². The second kappa shape index (κ2) is 11.6. The van der Waals surface area contributed by atoms with Crippen LogP contribution in [0.25, 0.3) is 0 Å². The van der Waals surface area contributed by atoms with Crippen molar-refractivity contribution < 1.29 is 9.47 Å². The highest BCUT2D eigenvalue weighted by molar-refractivity contribution is 7.10. The quantitative estimate of drug-likeness (QED) is 0.470. The highest BCUT2D eigenvalue weighted by Crippen LogP contribution is 2.26. The Balaban J connectivity index is 1.94. The Morgan fingerprint density at radius 3 is 2.50 bits per heavy atom. The van der Waals surface area contributed by atoms with Gasteiger partial charge in [0.1, 0.15) is 6.10 Å². The lowest BCUT2D eigenvalue weighted by atomic mass is 10.2. The van der Waals surface area contributed by atoms with Gasteiger partial charge in [0.15, 0.2) is 17.5 Å². The Morgan fingerprint density at radius 1 is 1.14 bits per heavy atom. The zero-order valence-corrected chi connectivity index (χ0v) is 18.3. The normalized spacial score (nSPS) is 13.9. The van der Waals surface area contributed by atoms with Crippen molar-refractivity contribution >= 4 is 17.3 Å². The van der Waals surface area contributed by atoms with Crippen molar-refractivity contribution in [1.29, 1.82) is 0 Å². The van der Waals surface area contributed by atoms with Gasteiger partial charge in [0, 0.05) is 11.4 Å². The zero-order valence-electron chi connectivity index (χ0n) is 17.4. The van der Waals surface area contributed by atoms with Crippen molar-refractivity contribution in [3.8, 4) is 11.5 Å². The molecule has 2 N–H and O–H groups in total. The number of likely N-dealkylation sites (N-methyl/N-ethyl adjacent to an activating group) is 1. The molecule has 0 aliphatic rings. The number of ether oxygens (including phenoxy) is 2. The third kappa shape index (κ3) is 6.73. The van der Waals surface area contributed by atoms with Gasteiger partial charge in [-0.1, -0.05) is 18.2 Å². The number of hydrogen-bond donors (Lipinski definition) is 2. The summed E-state index contributed by atoms with van der Waals surface area (Å²) < 4.78 is 11.4. The highest BCUT2D eigenvalue weighted by Gasteiger charge is 2.15. The Hall–Kier alpha value is -2.25. The molecule has 0 saturated carbocycles. The van der Waals surface area contributed by atoms with Crippen LogP contribution in [-0.2, 0) is 0 Å². The average Bonchev–Trinajstić information content (AvgIpc) is 3.20. The molecule has 154 valence electrons. The van der Waals surface area contributed by atoms with E-state index in [1.54, 1.807) is 18.4 Å². The van der Waals surface area contributed by atoms with Crippen LogP contribution in [0.4, 0.5) is 0 Å². The predicted octanol–water partition coefficient (Wildman–Crippen LogP) is 3.38. The molecule has 0 radical (unpaired) electrons.